The maximum atomic E-state index is 11.2. The molecule has 5 heteroatoms. The number of halogens is 1. The highest BCUT2D eigenvalue weighted by Gasteiger charge is 2.16. The number of carbonyl (C=O) groups excluding carboxylic acids is 1. The van der Waals surface area contributed by atoms with Gasteiger partial charge in [0.2, 0.25) is 0 Å². The number of hydrogen-bond acceptors (Lipinski definition) is 4. The molecule has 0 heterocycles. The van der Waals surface area contributed by atoms with Crippen LogP contribution in [0.2, 0.25) is 0 Å². The Balaban J connectivity index is 2.75. The van der Waals surface area contributed by atoms with E-state index in [1.165, 1.54) is 7.11 Å². The lowest BCUT2D eigenvalue weighted by Crippen LogP contribution is -2.25. The second-order valence-corrected chi connectivity index (χ2v) is 4.44. The van der Waals surface area contributed by atoms with Gasteiger partial charge in [0.15, 0.2) is 6.10 Å². The van der Waals surface area contributed by atoms with Crippen molar-refractivity contribution in [3.05, 3.63) is 28.2 Å². The van der Waals surface area contributed by atoms with E-state index in [9.17, 15) is 4.79 Å². The normalized spacial score (nSPS) is 12.0. The van der Waals surface area contributed by atoms with E-state index in [1.54, 1.807) is 6.92 Å². The summed E-state index contributed by atoms with van der Waals surface area (Å²) in [5.41, 5.74) is 6.60. The van der Waals surface area contributed by atoms with Gasteiger partial charge in [-0.15, -0.1) is 0 Å². The van der Waals surface area contributed by atoms with E-state index in [0.717, 1.165) is 16.5 Å². The van der Waals surface area contributed by atoms with Gasteiger partial charge in [-0.05, 0) is 53.5 Å². The Morgan fingerprint density at radius 3 is 2.76 bits per heavy atom. The minimum absolute atomic E-state index is 0.400. The van der Waals surface area contributed by atoms with E-state index in [-0.39, 0.29) is 0 Å². The van der Waals surface area contributed by atoms with Gasteiger partial charge in [-0.3, -0.25) is 0 Å². The van der Waals surface area contributed by atoms with Crippen molar-refractivity contribution in [3.63, 3.8) is 0 Å². The fraction of sp³-hybridized carbons (Fsp3) is 0.417. The van der Waals surface area contributed by atoms with Gasteiger partial charge in [0.1, 0.15) is 5.75 Å². The maximum absolute atomic E-state index is 11.2. The first-order chi connectivity index (χ1) is 8.08. The molecule has 1 aromatic rings. The molecule has 0 saturated heterocycles. The smallest absolute Gasteiger partial charge is 0.346 e. The summed E-state index contributed by atoms with van der Waals surface area (Å²) >= 11 is 3.40. The summed E-state index contributed by atoms with van der Waals surface area (Å²) in [6.07, 6.45) is 0.183. The quantitative estimate of drug-likeness (QED) is 0.844. The van der Waals surface area contributed by atoms with Crippen molar-refractivity contribution in [1.29, 1.82) is 0 Å². The van der Waals surface area contributed by atoms with Gasteiger partial charge in [-0.2, -0.15) is 0 Å². The van der Waals surface area contributed by atoms with Gasteiger partial charge in [0.05, 0.1) is 11.6 Å². The Kier molecular flexibility index (Phi) is 5.44. The highest BCUT2D eigenvalue weighted by Crippen LogP contribution is 2.27. The van der Waals surface area contributed by atoms with Crippen LogP contribution in [0.3, 0.4) is 0 Å². The van der Waals surface area contributed by atoms with Crippen molar-refractivity contribution >= 4 is 21.9 Å². The van der Waals surface area contributed by atoms with Crippen LogP contribution in [-0.4, -0.2) is 25.7 Å². The predicted octanol–water partition coefficient (Wildman–Crippen LogP) is 1.89. The zero-order valence-corrected chi connectivity index (χ0v) is 11.5. The molecule has 0 aromatic heterocycles. The molecule has 94 valence electrons. The third kappa shape index (κ3) is 4.02. The van der Waals surface area contributed by atoms with Crippen LogP contribution in [0.15, 0.2) is 22.7 Å². The van der Waals surface area contributed by atoms with Crippen molar-refractivity contribution < 1.29 is 14.3 Å². The predicted molar refractivity (Wildman–Crippen MR) is 69.0 cm³/mol. The fourth-order valence-electron chi connectivity index (χ4n) is 1.37. The van der Waals surface area contributed by atoms with Gasteiger partial charge in [-0.1, -0.05) is 6.07 Å². The van der Waals surface area contributed by atoms with Crippen molar-refractivity contribution in [3.8, 4) is 5.75 Å². The summed E-state index contributed by atoms with van der Waals surface area (Å²) in [5, 5.41) is 0. The highest BCUT2D eigenvalue weighted by molar-refractivity contribution is 9.10. The van der Waals surface area contributed by atoms with E-state index >= 15 is 0 Å². The number of ether oxygens (including phenoxy) is 2. The molecule has 0 aliphatic rings. The number of benzene rings is 1. The van der Waals surface area contributed by atoms with Gasteiger partial charge in [0.25, 0.3) is 0 Å². The van der Waals surface area contributed by atoms with Gasteiger partial charge < -0.3 is 15.2 Å². The summed E-state index contributed by atoms with van der Waals surface area (Å²) in [5.74, 6) is 0.214. The topological polar surface area (TPSA) is 61.5 Å². The summed E-state index contributed by atoms with van der Waals surface area (Å²) in [4.78, 5) is 11.2. The molecule has 1 aromatic carbocycles. The SMILES string of the molecule is COC(=O)C(C)Oc1ccc(CCN)cc1Br. The second-order valence-electron chi connectivity index (χ2n) is 3.59. The van der Waals surface area contributed by atoms with Crippen LogP contribution in [0, 0.1) is 0 Å². The minimum Gasteiger partial charge on any atom is -0.478 e. The molecule has 0 aliphatic heterocycles. The average molecular weight is 302 g/mol. The minimum atomic E-state index is -0.628. The van der Waals surface area contributed by atoms with Gasteiger partial charge in [-0.25, -0.2) is 4.79 Å². The van der Waals surface area contributed by atoms with Crippen molar-refractivity contribution in [1.82, 2.24) is 0 Å². The molecule has 1 rings (SSSR count). The summed E-state index contributed by atoms with van der Waals surface area (Å²) in [6, 6.07) is 5.68. The van der Waals surface area contributed by atoms with E-state index in [1.807, 2.05) is 18.2 Å². The Labute approximate surface area is 109 Å². The summed E-state index contributed by atoms with van der Waals surface area (Å²) in [6.45, 7) is 2.25. The highest BCUT2D eigenvalue weighted by atomic mass is 79.9. The first-order valence-electron chi connectivity index (χ1n) is 5.31. The van der Waals surface area contributed by atoms with Crippen LogP contribution in [-0.2, 0) is 16.0 Å². The largest absolute Gasteiger partial charge is 0.478 e. The Morgan fingerprint density at radius 1 is 1.53 bits per heavy atom. The lowest BCUT2D eigenvalue weighted by Gasteiger charge is -2.14. The molecule has 1 atom stereocenters. The molecule has 4 nitrogen and oxygen atoms in total. The molecule has 0 radical (unpaired) electrons. The van der Waals surface area contributed by atoms with Crippen LogP contribution in [0.1, 0.15) is 12.5 Å². The van der Waals surface area contributed by atoms with E-state index in [4.69, 9.17) is 10.5 Å². The monoisotopic (exact) mass is 301 g/mol. The molecule has 0 aliphatic carbocycles. The number of rotatable bonds is 5. The first-order valence-corrected chi connectivity index (χ1v) is 6.10. The van der Waals surface area contributed by atoms with Crippen LogP contribution < -0.4 is 10.5 Å². The maximum Gasteiger partial charge on any atom is 0.346 e. The van der Waals surface area contributed by atoms with Gasteiger partial charge >= 0.3 is 5.97 Å². The van der Waals surface area contributed by atoms with Crippen LogP contribution in [0.25, 0.3) is 0 Å². The zero-order valence-electron chi connectivity index (χ0n) is 9.90. The lowest BCUT2D eigenvalue weighted by atomic mass is 10.1. The molecule has 0 fully saturated rings. The van der Waals surface area contributed by atoms with Gasteiger partial charge in [0, 0.05) is 0 Å². The molecule has 0 bridgehead atoms. The first kappa shape index (κ1) is 14.0. The lowest BCUT2D eigenvalue weighted by molar-refractivity contribution is -0.147. The molecule has 0 saturated carbocycles. The molecule has 0 spiro atoms. The molecule has 0 amide bonds. The van der Waals surface area contributed by atoms with Crippen molar-refractivity contribution in [2.45, 2.75) is 19.4 Å². The van der Waals surface area contributed by atoms with Crippen LogP contribution in [0.4, 0.5) is 0 Å². The molecular weight excluding hydrogens is 286 g/mol. The number of methoxy groups -OCH3 is 1. The second kappa shape index (κ2) is 6.61. The van der Waals surface area contributed by atoms with E-state index in [0.29, 0.717) is 12.3 Å². The zero-order chi connectivity index (χ0) is 12.8. The molecule has 1 unspecified atom stereocenters. The standard InChI is InChI=1S/C12H16BrNO3/c1-8(12(15)16-2)17-11-4-3-9(5-6-14)7-10(11)13/h3-4,7-8H,5-6,14H2,1-2H3. The average Bonchev–Trinajstić information content (AvgIpc) is 2.31. The molecule has 2 N–H and O–H groups in total. The van der Waals surface area contributed by atoms with Crippen molar-refractivity contribution in [2.75, 3.05) is 13.7 Å². The van der Waals surface area contributed by atoms with E-state index in [2.05, 4.69) is 20.7 Å². The Bertz CT molecular complexity index is 395. The Morgan fingerprint density at radius 2 is 2.24 bits per heavy atom. The summed E-state index contributed by atoms with van der Waals surface area (Å²) < 4.78 is 10.9. The van der Waals surface area contributed by atoms with Crippen LogP contribution >= 0.6 is 15.9 Å². The van der Waals surface area contributed by atoms with Crippen molar-refractivity contribution in [2.24, 2.45) is 5.73 Å². The third-order valence-electron chi connectivity index (χ3n) is 2.27. The molecule has 17 heavy (non-hydrogen) atoms. The number of hydrogen-bond donors (Lipinski definition) is 1. The third-order valence-corrected chi connectivity index (χ3v) is 2.89. The summed E-state index contributed by atoms with van der Waals surface area (Å²) in [7, 11) is 1.33. The number of nitrogens with two attached hydrogens (primary N) is 1. The van der Waals surface area contributed by atoms with E-state index < -0.39 is 12.1 Å². The number of carbonyl (C=O) groups is 1. The Hall–Kier alpha value is -1.07. The molecular formula is C12H16BrNO3. The van der Waals surface area contributed by atoms with Crippen LogP contribution in [0.5, 0.6) is 5.75 Å². The fourth-order valence-corrected chi connectivity index (χ4v) is 1.89. The number of esters is 1.